The van der Waals surface area contributed by atoms with Gasteiger partial charge in [-0.2, -0.15) is 0 Å². The van der Waals surface area contributed by atoms with Crippen molar-refractivity contribution in [2.45, 2.75) is 38.3 Å². The summed E-state index contributed by atoms with van der Waals surface area (Å²) in [6.45, 7) is 7.38. The predicted molar refractivity (Wildman–Crippen MR) is 68.7 cm³/mol. The van der Waals surface area contributed by atoms with Crippen molar-refractivity contribution in [3.05, 3.63) is 0 Å². The molecular weight excluding hydrogens is 198 g/mol. The van der Waals surface area contributed by atoms with Gasteiger partial charge in [-0.1, -0.05) is 6.92 Å². The van der Waals surface area contributed by atoms with Crippen LogP contribution in [0.15, 0.2) is 0 Å². The lowest BCUT2D eigenvalue weighted by molar-refractivity contribution is 0.0939. The van der Waals surface area contributed by atoms with Crippen molar-refractivity contribution in [1.29, 1.82) is 0 Å². The fraction of sp³-hybridized carbons (Fsp3) is 1.00. The monoisotopic (exact) mass is 225 g/mol. The summed E-state index contributed by atoms with van der Waals surface area (Å²) in [6, 6.07) is 1.63. The molecule has 0 bridgehead atoms. The Morgan fingerprint density at radius 3 is 2.81 bits per heavy atom. The highest BCUT2D eigenvalue weighted by atomic mass is 15.2. The first-order chi connectivity index (χ1) is 7.68. The third-order valence-electron chi connectivity index (χ3n) is 4.16. The summed E-state index contributed by atoms with van der Waals surface area (Å²) in [5.41, 5.74) is 0. The maximum atomic E-state index is 3.51. The zero-order valence-electron chi connectivity index (χ0n) is 11.1. The summed E-state index contributed by atoms with van der Waals surface area (Å²) in [5, 5.41) is 3.51. The van der Waals surface area contributed by atoms with Crippen molar-refractivity contribution in [3.8, 4) is 0 Å². The Kier molecular flexibility index (Phi) is 4.22. The molecule has 0 saturated carbocycles. The van der Waals surface area contributed by atoms with Crippen molar-refractivity contribution in [3.63, 3.8) is 0 Å². The SMILES string of the molecule is CC1CNCCC1N1CCCC1CN(C)C. The molecule has 2 rings (SSSR count). The van der Waals surface area contributed by atoms with Crippen LogP contribution < -0.4 is 5.32 Å². The van der Waals surface area contributed by atoms with Crippen molar-refractivity contribution in [2.24, 2.45) is 5.92 Å². The topological polar surface area (TPSA) is 18.5 Å². The van der Waals surface area contributed by atoms with Gasteiger partial charge < -0.3 is 10.2 Å². The van der Waals surface area contributed by atoms with Gasteiger partial charge in [0.05, 0.1) is 0 Å². The molecule has 3 nitrogen and oxygen atoms in total. The number of likely N-dealkylation sites (N-methyl/N-ethyl adjacent to an activating group) is 1. The summed E-state index contributed by atoms with van der Waals surface area (Å²) in [7, 11) is 4.39. The van der Waals surface area contributed by atoms with Crippen LogP contribution in [-0.2, 0) is 0 Å². The first kappa shape index (κ1) is 12.3. The fourth-order valence-electron chi connectivity index (χ4n) is 3.41. The summed E-state index contributed by atoms with van der Waals surface area (Å²) in [4.78, 5) is 5.14. The zero-order chi connectivity index (χ0) is 11.5. The molecule has 0 aromatic heterocycles. The highest BCUT2D eigenvalue weighted by Crippen LogP contribution is 2.27. The van der Waals surface area contributed by atoms with Crippen LogP contribution >= 0.6 is 0 Å². The van der Waals surface area contributed by atoms with Crippen LogP contribution in [0, 0.1) is 5.92 Å². The zero-order valence-corrected chi connectivity index (χ0v) is 11.1. The number of hydrogen-bond donors (Lipinski definition) is 1. The molecule has 94 valence electrons. The van der Waals surface area contributed by atoms with Crippen molar-refractivity contribution in [1.82, 2.24) is 15.1 Å². The Balaban J connectivity index is 1.95. The average Bonchev–Trinajstić information content (AvgIpc) is 2.66. The van der Waals surface area contributed by atoms with Crippen molar-refractivity contribution in [2.75, 3.05) is 40.3 Å². The third kappa shape index (κ3) is 2.76. The normalized spacial score (nSPS) is 37.1. The van der Waals surface area contributed by atoms with Gasteiger partial charge in [0.15, 0.2) is 0 Å². The lowest BCUT2D eigenvalue weighted by Crippen LogP contribution is -2.52. The summed E-state index contributed by atoms with van der Waals surface area (Å²) >= 11 is 0. The Hall–Kier alpha value is -0.120. The van der Waals surface area contributed by atoms with Gasteiger partial charge in [0.1, 0.15) is 0 Å². The Morgan fingerprint density at radius 1 is 1.31 bits per heavy atom. The first-order valence-electron chi connectivity index (χ1n) is 6.79. The number of nitrogens with zero attached hydrogens (tertiary/aromatic N) is 2. The third-order valence-corrected chi connectivity index (χ3v) is 4.16. The van der Waals surface area contributed by atoms with Crippen LogP contribution in [0.5, 0.6) is 0 Å². The van der Waals surface area contributed by atoms with Crippen molar-refractivity contribution >= 4 is 0 Å². The molecule has 2 heterocycles. The molecule has 0 radical (unpaired) electrons. The van der Waals surface area contributed by atoms with E-state index in [4.69, 9.17) is 0 Å². The van der Waals surface area contributed by atoms with Crippen LogP contribution in [0.25, 0.3) is 0 Å². The molecule has 0 aliphatic carbocycles. The van der Waals surface area contributed by atoms with Crippen molar-refractivity contribution < 1.29 is 0 Å². The van der Waals surface area contributed by atoms with Gasteiger partial charge >= 0.3 is 0 Å². The van der Waals surface area contributed by atoms with E-state index in [-0.39, 0.29) is 0 Å². The van der Waals surface area contributed by atoms with Gasteiger partial charge in [0, 0.05) is 18.6 Å². The minimum atomic E-state index is 0.806. The minimum absolute atomic E-state index is 0.806. The number of nitrogens with one attached hydrogen (secondary N) is 1. The van der Waals surface area contributed by atoms with E-state index < -0.39 is 0 Å². The second-order valence-electron chi connectivity index (χ2n) is 5.83. The number of hydrogen-bond acceptors (Lipinski definition) is 3. The summed E-state index contributed by atoms with van der Waals surface area (Å²) < 4.78 is 0. The van der Waals surface area contributed by atoms with Gasteiger partial charge in [0.25, 0.3) is 0 Å². The molecule has 2 fully saturated rings. The Labute approximate surface area is 100 Å². The Morgan fingerprint density at radius 2 is 2.12 bits per heavy atom. The standard InChI is InChI=1S/C13H27N3/c1-11-9-14-7-6-13(11)16-8-4-5-12(16)10-15(2)3/h11-14H,4-10H2,1-3H3. The molecule has 2 saturated heterocycles. The molecule has 2 aliphatic rings. The van der Waals surface area contributed by atoms with Crippen LogP contribution in [0.3, 0.4) is 0 Å². The quantitative estimate of drug-likeness (QED) is 0.773. The lowest BCUT2D eigenvalue weighted by atomic mass is 9.93. The molecule has 3 atom stereocenters. The fourth-order valence-corrected chi connectivity index (χ4v) is 3.41. The average molecular weight is 225 g/mol. The maximum absolute atomic E-state index is 3.51. The van der Waals surface area contributed by atoms with E-state index in [9.17, 15) is 0 Å². The van der Waals surface area contributed by atoms with Gasteiger partial charge in [0.2, 0.25) is 0 Å². The minimum Gasteiger partial charge on any atom is -0.316 e. The highest BCUT2D eigenvalue weighted by molar-refractivity contribution is 4.91. The van der Waals surface area contributed by atoms with Crippen LogP contribution in [0.4, 0.5) is 0 Å². The van der Waals surface area contributed by atoms with Gasteiger partial charge in [-0.15, -0.1) is 0 Å². The molecular formula is C13H27N3. The summed E-state index contributed by atoms with van der Waals surface area (Å²) in [5.74, 6) is 0.816. The molecule has 3 heteroatoms. The lowest BCUT2D eigenvalue weighted by Gasteiger charge is -2.40. The van der Waals surface area contributed by atoms with Crippen LogP contribution in [-0.4, -0.2) is 62.2 Å². The van der Waals surface area contributed by atoms with Gasteiger partial charge in [-0.05, 0) is 58.9 Å². The van der Waals surface area contributed by atoms with E-state index in [2.05, 4.69) is 36.1 Å². The molecule has 0 amide bonds. The van der Waals surface area contributed by atoms with E-state index in [1.165, 1.54) is 45.4 Å². The van der Waals surface area contributed by atoms with Crippen LogP contribution in [0.2, 0.25) is 0 Å². The number of likely N-dealkylation sites (tertiary alicyclic amines) is 1. The maximum Gasteiger partial charge on any atom is 0.0226 e. The smallest absolute Gasteiger partial charge is 0.0226 e. The molecule has 3 unspecified atom stereocenters. The molecule has 2 aliphatic heterocycles. The first-order valence-corrected chi connectivity index (χ1v) is 6.79. The van der Waals surface area contributed by atoms with Gasteiger partial charge in [-0.3, -0.25) is 4.90 Å². The van der Waals surface area contributed by atoms with E-state index in [1.54, 1.807) is 0 Å². The van der Waals surface area contributed by atoms with Gasteiger partial charge in [-0.25, -0.2) is 0 Å². The summed E-state index contributed by atoms with van der Waals surface area (Å²) in [6.07, 6.45) is 4.13. The molecule has 0 aromatic rings. The predicted octanol–water partition coefficient (Wildman–Crippen LogP) is 1.01. The second-order valence-corrected chi connectivity index (χ2v) is 5.83. The molecule has 1 N–H and O–H groups in total. The number of piperidine rings is 1. The molecule has 0 aromatic carbocycles. The second kappa shape index (κ2) is 5.48. The van der Waals surface area contributed by atoms with E-state index in [1.807, 2.05) is 0 Å². The van der Waals surface area contributed by atoms with E-state index in [0.717, 1.165) is 18.0 Å². The highest BCUT2D eigenvalue weighted by Gasteiger charge is 2.34. The van der Waals surface area contributed by atoms with Crippen LogP contribution in [0.1, 0.15) is 26.2 Å². The molecule has 0 spiro atoms. The van der Waals surface area contributed by atoms with E-state index in [0.29, 0.717) is 0 Å². The largest absolute Gasteiger partial charge is 0.316 e. The Bertz CT molecular complexity index is 217. The molecule has 16 heavy (non-hydrogen) atoms. The number of rotatable bonds is 3. The van der Waals surface area contributed by atoms with E-state index >= 15 is 0 Å².